The first-order chi connectivity index (χ1) is 12.1. The predicted molar refractivity (Wildman–Crippen MR) is 96.5 cm³/mol. The lowest BCUT2D eigenvalue weighted by molar-refractivity contribution is 0.0489. The number of rotatable bonds is 4. The molecule has 1 aliphatic heterocycles. The maximum Gasteiger partial charge on any atom is 0.254 e. The van der Waals surface area contributed by atoms with E-state index in [2.05, 4.69) is 11.9 Å². The lowest BCUT2D eigenvalue weighted by Crippen LogP contribution is -2.46. The maximum atomic E-state index is 13.0. The molecule has 1 aromatic heterocycles. The highest BCUT2D eigenvalue weighted by molar-refractivity contribution is 5.96. The molecule has 0 aliphatic carbocycles. The van der Waals surface area contributed by atoms with Crippen LogP contribution in [0.1, 0.15) is 30.1 Å². The summed E-state index contributed by atoms with van der Waals surface area (Å²) in [7, 11) is 1.61. The number of pyridine rings is 1. The molecule has 5 heteroatoms. The second-order valence-corrected chi connectivity index (χ2v) is 6.56. The summed E-state index contributed by atoms with van der Waals surface area (Å²) in [6.07, 6.45) is 3.60. The number of ether oxygens (including phenoxy) is 1. The molecule has 0 radical (unpaired) electrons. The van der Waals surface area contributed by atoms with Crippen molar-refractivity contribution in [1.82, 2.24) is 9.88 Å². The number of aliphatic hydroxyl groups is 1. The van der Waals surface area contributed by atoms with Gasteiger partial charge < -0.3 is 14.7 Å². The molecule has 0 saturated carbocycles. The number of aromatic nitrogens is 1. The van der Waals surface area contributed by atoms with E-state index in [0.717, 1.165) is 24.1 Å². The number of likely N-dealkylation sites (tertiary alicyclic amines) is 1. The molecule has 1 fully saturated rings. The monoisotopic (exact) mass is 340 g/mol. The minimum Gasteiger partial charge on any atom is -0.496 e. The topological polar surface area (TPSA) is 62.7 Å². The van der Waals surface area contributed by atoms with Crippen LogP contribution in [0.15, 0.2) is 42.6 Å². The average Bonchev–Trinajstić information content (AvgIpc) is 2.68. The Bertz CT molecular complexity index is 733. The molecular formula is C20H24N2O3. The number of carbonyl (C=O) groups excluding carboxylic acids is 1. The molecule has 2 heterocycles. The van der Waals surface area contributed by atoms with E-state index in [-0.39, 0.29) is 24.5 Å². The van der Waals surface area contributed by atoms with Crippen LogP contribution in [0.3, 0.4) is 0 Å². The fourth-order valence-electron chi connectivity index (χ4n) is 3.34. The Labute approximate surface area is 148 Å². The third kappa shape index (κ3) is 3.66. The molecule has 5 nitrogen and oxygen atoms in total. The summed E-state index contributed by atoms with van der Waals surface area (Å²) in [5.41, 5.74) is 2.19. The molecule has 3 rings (SSSR count). The minimum absolute atomic E-state index is 0.00881. The summed E-state index contributed by atoms with van der Waals surface area (Å²) in [5.74, 6) is 0.842. The molecule has 1 N–H and O–H groups in total. The highest BCUT2D eigenvalue weighted by atomic mass is 16.5. The first-order valence-electron chi connectivity index (χ1n) is 8.65. The Hall–Kier alpha value is -2.40. The zero-order valence-corrected chi connectivity index (χ0v) is 14.7. The highest BCUT2D eigenvalue weighted by Gasteiger charge is 2.29. The SMILES string of the molecule is COc1ccc(C(=O)N2CC(CO)CCC2C)cc1-c1ccccn1. The van der Waals surface area contributed by atoms with Crippen LogP contribution in [0.5, 0.6) is 5.75 Å². The van der Waals surface area contributed by atoms with Gasteiger partial charge in [-0.1, -0.05) is 6.07 Å². The third-order valence-corrected chi connectivity index (χ3v) is 4.89. The molecule has 1 amide bonds. The van der Waals surface area contributed by atoms with Gasteiger partial charge in [-0.15, -0.1) is 0 Å². The maximum absolute atomic E-state index is 13.0. The molecule has 0 spiro atoms. The van der Waals surface area contributed by atoms with E-state index in [4.69, 9.17) is 4.74 Å². The van der Waals surface area contributed by atoms with Gasteiger partial charge in [0.05, 0.1) is 12.8 Å². The number of nitrogens with zero attached hydrogens (tertiary/aromatic N) is 2. The van der Waals surface area contributed by atoms with Gasteiger partial charge >= 0.3 is 0 Å². The van der Waals surface area contributed by atoms with Crippen molar-refractivity contribution in [1.29, 1.82) is 0 Å². The lowest BCUT2D eigenvalue weighted by Gasteiger charge is -2.37. The van der Waals surface area contributed by atoms with Gasteiger partial charge in [0, 0.05) is 36.5 Å². The Morgan fingerprint density at radius 3 is 2.84 bits per heavy atom. The van der Waals surface area contributed by atoms with Gasteiger partial charge in [0.25, 0.3) is 5.91 Å². The summed E-state index contributed by atoms with van der Waals surface area (Å²) in [6.45, 7) is 2.79. The molecule has 2 aromatic rings. The number of methoxy groups -OCH3 is 1. The van der Waals surface area contributed by atoms with Crippen molar-refractivity contribution in [2.24, 2.45) is 5.92 Å². The molecule has 1 aliphatic rings. The quantitative estimate of drug-likeness (QED) is 0.929. The summed E-state index contributed by atoms with van der Waals surface area (Å²) in [6, 6.07) is 11.3. The average molecular weight is 340 g/mol. The number of amides is 1. The zero-order chi connectivity index (χ0) is 17.8. The molecule has 0 bridgehead atoms. The molecule has 25 heavy (non-hydrogen) atoms. The van der Waals surface area contributed by atoms with E-state index in [1.165, 1.54) is 0 Å². The van der Waals surface area contributed by atoms with Crippen molar-refractivity contribution in [2.75, 3.05) is 20.3 Å². The van der Waals surface area contributed by atoms with Crippen LogP contribution >= 0.6 is 0 Å². The largest absolute Gasteiger partial charge is 0.496 e. The summed E-state index contributed by atoms with van der Waals surface area (Å²) in [5, 5.41) is 9.45. The van der Waals surface area contributed by atoms with Crippen LogP contribution in [0.4, 0.5) is 0 Å². The molecule has 2 unspecified atom stereocenters. The van der Waals surface area contributed by atoms with E-state index in [9.17, 15) is 9.90 Å². The fraction of sp³-hybridized carbons (Fsp3) is 0.400. The van der Waals surface area contributed by atoms with E-state index in [1.54, 1.807) is 19.4 Å². The number of hydrogen-bond donors (Lipinski definition) is 1. The smallest absolute Gasteiger partial charge is 0.254 e. The van der Waals surface area contributed by atoms with Crippen LogP contribution in [0.2, 0.25) is 0 Å². The first-order valence-corrected chi connectivity index (χ1v) is 8.65. The lowest BCUT2D eigenvalue weighted by atomic mass is 9.93. The number of benzene rings is 1. The Kier molecular flexibility index (Phi) is 5.34. The molecule has 2 atom stereocenters. The third-order valence-electron chi connectivity index (χ3n) is 4.89. The van der Waals surface area contributed by atoms with Crippen LogP contribution in [-0.4, -0.2) is 47.2 Å². The number of piperidine rings is 1. The predicted octanol–water partition coefficient (Wildman–Crippen LogP) is 2.99. The van der Waals surface area contributed by atoms with Crippen molar-refractivity contribution in [3.8, 4) is 17.0 Å². The van der Waals surface area contributed by atoms with Crippen LogP contribution < -0.4 is 4.74 Å². The first kappa shape index (κ1) is 17.4. The minimum atomic E-state index is -0.00881. The van der Waals surface area contributed by atoms with Gasteiger partial charge in [-0.3, -0.25) is 9.78 Å². The molecular weight excluding hydrogens is 316 g/mol. The van der Waals surface area contributed by atoms with Gasteiger partial charge in [0.1, 0.15) is 5.75 Å². The van der Waals surface area contributed by atoms with Gasteiger partial charge in [0.15, 0.2) is 0 Å². The van der Waals surface area contributed by atoms with Crippen molar-refractivity contribution in [3.63, 3.8) is 0 Å². The van der Waals surface area contributed by atoms with Gasteiger partial charge in [-0.05, 0) is 56.0 Å². The highest BCUT2D eigenvalue weighted by Crippen LogP contribution is 2.31. The second-order valence-electron chi connectivity index (χ2n) is 6.56. The second kappa shape index (κ2) is 7.66. The Morgan fingerprint density at radius 1 is 1.32 bits per heavy atom. The summed E-state index contributed by atoms with van der Waals surface area (Å²) in [4.78, 5) is 19.3. The summed E-state index contributed by atoms with van der Waals surface area (Å²) < 4.78 is 5.44. The fourth-order valence-corrected chi connectivity index (χ4v) is 3.34. The van der Waals surface area contributed by atoms with E-state index >= 15 is 0 Å². The van der Waals surface area contributed by atoms with Crippen molar-refractivity contribution >= 4 is 5.91 Å². The Morgan fingerprint density at radius 2 is 2.16 bits per heavy atom. The molecule has 1 saturated heterocycles. The number of aliphatic hydroxyl groups excluding tert-OH is 1. The molecule has 132 valence electrons. The summed E-state index contributed by atoms with van der Waals surface area (Å²) >= 11 is 0. The standard InChI is InChI=1S/C20H24N2O3/c1-14-6-7-15(13-23)12-22(14)20(24)16-8-9-19(25-2)17(11-16)18-5-3-4-10-21-18/h3-5,8-11,14-15,23H,6-7,12-13H2,1-2H3. The van der Waals surface area contributed by atoms with E-state index < -0.39 is 0 Å². The Balaban J connectivity index is 1.93. The van der Waals surface area contributed by atoms with E-state index in [1.807, 2.05) is 35.2 Å². The van der Waals surface area contributed by atoms with Crippen molar-refractivity contribution in [2.45, 2.75) is 25.8 Å². The number of hydrogen-bond acceptors (Lipinski definition) is 4. The zero-order valence-electron chi connectivity index (χ0n) is 14.7. The van der Waals surface area contributed by atoms with E-state index in [0.29, 0.717) is 17.9 Å². The van der Waals surface area contributed by atoms with Crippen LogP contribution in [0, 0.1) is 5.92 Å². The number of carbonyl (C=O) groups is 1. The van der Waals surface area contributed by atoms with Gasteiger partial charge in [0.2, 0.25) is 0 Å². The van der Waals surface area contributed by atoms with Gasteiger partial charge in [-0.25, -0.2) is 0 Å². The van der Waals surface area contributed by atoms with Crippen LogP contribution in [-0.2, 0) is 0 Å². The van der Waals surface area contributed by atoms with Crippen molar-refractivity contribution < 1.29 is 14.6 Å². The molecule has 1 aromatic carbocycles. The van der Waals surface area contributed by atoms with Crippen LogP contribution in [0.25, 0.3) is 11.3 Å². The van der Waals surface area contributed by atoms with Crippen molar-refractivity contribution in [3.05, 3.63) is 48.2 Å². The normalized spacial score (nSPS) is 20.4. The van der Waals surface area contributed by atoms with Gasteiger partial charge in [-0.2, -0.15) is 0 Å².